The van der Waals surface area contributed by atoms with Gasteiger partial charge >= 0.3 is 0 Å². The molecule has 0 aromatic heterocycles. The fraction of sp³-hybridized carbons (Fsp3) is 0.600. The Morgan fingerprint density at radius 3 is 1.17 bits per heavy atom. The minimum Gasteiger partial charge on any atom is -0.406 e. The number of hydrogen-bond donors (Lipinski definition) is 0. The van der Waals surface area contributed by atoms with Gasteiger partial charge < -0.3 is 14.5 Å². The molecule has 0 N–H and O–H groups in total. The summed E-state index contributed by atoms with van der Waals surface area (Å²) in [5.41, 5.74) is 0. The molecule has 3 aliphatic rings. The third-order valence-electron chi connectivity index (χ3n) is 4.40. The number of benzene rings is 1. The lowest BCUT2D eigenvalue weighted by atomic mass is 10.3. The van der Waals surface area contributed by atoms with E-state index in [0.717, 1.165) is 57.2 Å². The van der Waals surface area contributed by atoms with Gasteiger partial charge in [0.2, 0.25) is 25.8 Å². The highest BCUT2D eigenvalue weighted by Gasteiger charge is 2.20. The molecule has 9 heteroatoms. The van der Waals surface area contributed by atoms with Gasteiger partial charge in [0.25, 0.3) is 0 Å². The van der Waals surface area contributed by atoms with Crippen molar-refractivity contribution in [3.05, 3.63) is 18.2 Å². The van der Waals surface area contributed by atoms with Crippen LogP contribution in [-0.2, 0) is 14.5 Å². The third-order valence-corrected chi connectivity index (χ3v) is 10.8. The first-order valence-electron chi connectivity index (χ1n) is 8.63. The van der Waals surface area contributed by atoms with Crippen LogP contribution in [0.5, 0.6) is 0 Å². The van der Waals surface area contributed by atoms with E-state index in [-0.39, 0.29) is 0 Å². The van der Waals surface area contributed by atoms with E-state index in [1.165, 1.54) is 15.6 Å². The monoisotopic (exact) mass is 375 g/mol. The van der Waals surface area contributed by atoms with E-state index < -0.39 is 25.8 Å². The number of hydrogen-bond acceptors (Lipinski definition) is 6. The summed E-state index contributed by atoms with van der Waals surface area (Å²) < 4.78 is 0. The average molecular weight is 376 g/mol. The van der Waals surface area contributed by atoms with Crippen LogP contribution in [0, 0.1) is 0 Å². The topological polar surface area (TPSA) is 64.8 Å². The summed E-state index contributed by atoms with van der Waals surface area (Å²) in [7, 11) is -2.92. The van der Waals surface area contributed by atoms with Crippen LogP contribution in [0.4, 0.5) is 0 Å². The Balaban J connectivity index is 1.76. The van der Waals surface area contributed by atoms with Crippen molar-refractivity contribution in [1.29, 1.82) is 0 Å². The van der Waals surface area contributed by atoms with Crippen LogP contribution < -0.4 is 15.6 Å². The van der Waals surface area contributed by atoms with Gasteiger partial charge in [-0.1, -0.05) is 18.2 Å². The molecule has 0 saturated carbocycles. The van der Waals surface area contributed by atoms with Gasteiger partial charge in [0.15, 0.2) is 0 Å². The molecule has 1 aromatic carbocycles. The lowest BCUT2D eigenvalue weighted by Gasteiger charge is -2.17. The Morgan fingerprint density at radius 1 is 0.583 bits per heavy atom. The van der Waals surface area contributed by atoms with Crippen molar-refractivity contribution in [3.8, 4) is 0 Å². The Labute approximate surface area is 146 Å². The van der Waals surface area contributed by atoms with Gasteiger partial charge in [-0.2, -0.15) is 0 Å². The Bertz CT molecular complexity index is 614. The smallest absolute Gasteiger partial charge is 0.214 e. The van der Waals surface area contributed by atoms with Gasteiger partial charge in [-0.3, -0.25) is 0 Å². The molecule has 4 rings (SSSR count). The fourth-order valence-corrected chi connectivity index (χ4v) is 9.14. The summed E-state index contributed by atoms with van der Waals surface area (Å²) in [4.78, 5) is 29.6. The minimum atomic E-state index is -0.975. The summed E-state index contributed by atoms with van der Waals surface area (Å²) in [6.45, 7) is 2.28. The summed E-state index contributed by atoms with van der Waals surface area (Å²) in [6.07, 6.45) is 3.32. The van der Waals surface area contributed by atoms with Crippen LogP contribution in [0.25, 0.3) is 0 Å². The van der Waals surface area contributed by atoms with Crippen LogP contribution in [0.3, 0.4) is 0 Å². The summed E-state index contributed by atoms with van der Waals surface area (Å²) in [5, 5.41) is 4.05. The molecule has 24 heavy (non-hydrogen) atoms. The standard InChI is InChI=1S/C15H21N3O3Si3/c1-4-19-16-22(7-1)13-10-14(23-8-2-5-20-17-23)12-15(11-13)24-9-3-6-21-18-24/h10-12H,1-9H2. The minimum absolute atomic E-state index is 0.761. The second-order valence-electron chi connectivity index (χ2n) is 6.22. The second kappa shape index (κ2) is 7.70. The van der Waals surface area contributed by atoms with Gasteiger partial charge in [-0.15, -0.1) is 14.4 Å². The van der Waals surface area contributed by atoms with Gasteiger partial charge in [0.05, 0.1) is 0 Å². The molecule has 3 heterocycles. The van der Waals surface area contributed by atoms with Crippen molar-refractivity contribution in [2.75, 3.05) is 19.8 Å². The van der Waals surface area contributed by atoms with Crippen molar-refractivity contribution in [2.24, 2.45) is 14.4 Å². The van der Waals surface area contributed by atoms with E-state index in [4.69, 9.17) is 14.5 Å². The molecule has 0 atom stereocenters. The van der Waals surface area contributed by atoms with Crippen molar-refractivity contribution < 1.29 is 14.5 Å². The van der Waals surface area contributed by atoms with Gasteiger partial charge in [0, 0.05) is 0 Å². The van der Waals surface area contributed by atoms with Gasteiger partial charge in [0.1, 0.15) is 19.8 Å². The Hall–Kier alpha value is -1.33. The predicted molar refractivity (Wildman–Crippen MR) is 96.0 cm³/mol. The molecule has 1 aromatic rings. The molecule has 0 radical (unpaired) electrons. The highest BCUT2D eigenvalue weighted by atomic mass is 28.2. The zero-order chi connectivity index (χ0) is 16.2. The number of nitrogens with zero attached hydrogens (tertiary/aromatic N) is 3. The first kappa shape index (κ1) is 16.2. The van der Waals surface area contributed by atoms with Crippen LogP contribution in [-0.4, -0.2) is 45.6 Å². The van der Waals surface area contributed by atoms with Crippen molar-refractivity contribution in [1.82, 2.24) is 0 Å². The normalized spacial score (nSPS) is 20.8. The van der Waals surface area contributed by atoms with E-state index in [0.29, 0.717) is 0 Å². The largest absolute Gasteiger partial charge is 0.406 e. The first-order chi connectivity index (χ1) is 11.9. The molecule has 3 aliphatic heterocycles. The lowest BCUT2D eigenvalue weighted by Crippen LogP contribution is -2.39. The quantitative estimate of drug-likeness (QED) is 0.743. The zero-order valence-electron chi connectivity index (χ0n) is 13.7. The SMILES string of the molecule is c1c([Si]2=NOCCC2)cc([Si]2=NOCCC2)cc1[Si]1=NOCCC1. The van der Waals surface area contributed by atoms with Crippen LogP contribution in [0.15, 0.2) is 32.6 Å². The van der Waals surface area contributed by atoms with E-state index >= 15 is 0 Å². The molecule has 0 saturated heterocycles. The highest BCUT2D eigenvalue weighted by molar-refractivity contribution is 6.70. The molecular weight excluding hydrogens is 354 g/mol. The molecule has 0 amide bonds. The summed E-state index contributed by atoms with van der Waals surface area (Å²) in [5.74, 6) is 0. The van der Waals surface area contributed by atoms with Crippen molar-refractivity contribution >= 4 is 41.3 Å². The van der Waals surface area contributed by atoms with Crippen LogP contribution in [0.1, 0.15) is 19.3 Å². The van der Waals surface area contributed by atoms with Gasteiger partial charge in [-0.05, 0) is 53.0 Å². The molecule has 0 fully saturated rings. The van der Waals surface area contributed by atoms with E-state index in [2.05, 4.69) is 32.6 Å². The maximum Gasteiger partial charge on any atom is 0.214 e. The molecule has 0 aliphatic carbocycles. The predicted octanol–water partition coefficient (Wildman–Crippen LogP) is 1.09. The first-order valence-corrected chi connectivity index (χ1v) is 13.6. The van der Waals surface area contributed by atoms with Crippen LogP contribution >= 0.6 is 0 Å². The maximum absolute atomic E-state index is 5.40. The van der Waals surface area contributed by atoms with E-state index in [1.807, 2.05) is 0 Å². The molecule has 0 bridgehead atoms. The fourth-order valence-electron chi connectivity index (χ4n) is 3.14. The molecule has 6 nitrogen and oxygen atoms in total. The Morgan fingerprint density at radius 2 is 0.917 bits per heavy atom. The zero-order valence-corrected chi connectivity index (χ0v) is 16.7. The van der Waals surface area contributed by atoms with E-state index in [1.54, 1.807) is 0 Å². The molecule has 0 unspecified atom stereocenters. The van der Waals surface area contributed by atoms with Gasteiger partial charge in [-0.25, -0.2) is 0 Å². The van der Waals surface area contributed by atoms with Crippen molar-refractivity contribution in [2.45, 2.75) is 37.4 Å². The molecule has 126 valence electrons. The summed E-state index contributed by atoms with van der Waals surface area (Å²) >= 11 is 0. The average Bonchev–Trinajstić information content (AvgIpc) is 2.70. The second-order valence-corrected chi connectivity index (χ2v) is 12.7. The highest BCUT2D eigenvalue weighted by Crippen LogP contribution is 2.07. The third kappa shape index (κ3) is 3.67. The number of rotatable bonds is 3. The van der Waals surface area contributed by atoms with Crippen molar-refractivity contribution in [3.63, 3.8) is 0 Å². The lowest BCUT2D eigenvalue weighted by molar-refractivity contribution is 0.139. The molecular formula is C15H21N3O3Si3. The molecule has 0 spiro atoms. The maximum atomic E-state index is 5.40. The summed E-state index contributed by atoms with van der Waals surface area (Å²) in [6, 6.07) is 10.4. The van der Waals surface area contributed by atoms with E-state index in [9.17, 15) is 0 Å². The Kier molecular flexibility index (Phi) is 5.19. The van der Waals surface area contributed by atoms with Crippen LogP contribution in [0.2, 0.25) is 18.1 Å².